The number of rotatable bonds is 3. The van der Waals surface area contributed by atoms with Crippen LogP contribution in [-0.2, 0) is 18.8 Å². The molecule has 0 aliphatic rings. The minimum atomic E-state index is -0.985. The van der Waals surface area contributed by atoms with Crippen LogP contribution in [0.15, 0.2) is 54.9 Å². The minimum absolute atomic E-state index is 0.0662. The van der Waals surface area contributed by atoms with Crippen molar-refractivity contribution in [3.63, 3.8) is 0 Å². The van der Waals surface area contributed by atoms with E-state index >= 15 is 4.39 Å². The van der Waals surface area contributed by atoms with E-state index in [1.807, 2.05) is 26.8 Å². The van der Waals surface area contributed by atoms with E-state index in [-0.39, 0.29) is 22.5 Å². The van der Waals surface area contributed by atoms with Gasteiger partial charge < -0.3 is 0 Å². The molecule has 2 aromatic heterocycles. The van der Waals surface area contributed by atoms with Gasteiger partial charge in [-0.1, -0.05) is 47.0 Å². The maximum absolute atomic E-state index is 15.1. The van der Waals surface area contributed by atoms with Gasteiger partial charge in [0.25, 0.3) is 0 Å². The quantitative estimate of drug-likeness (QED) is 0.226. The molecule has 0 aliphatic heterocycles. The van der Waals surface area contributed by atoms with E-state index in [1.54, 1.807) is 55.3 Å². The summed E-state index contributed by atoms with van der Waals surface area (Å²) in [5.74, 6) is -1.97. The Morgan fingerprint density at radius 3 is 2.06 bits per heavy atom. The van der Waals surface area contributed by atoms with E-state index < -0.39 is 17.2 Å². The number of pyridine rings is 2. The van der Waals surface area contributed by atoms with Gasteiger partial charge in [0.05, 0.1) is 23.3 Å². The second-order valence-corrected chi connectivity index (χ2v) is 7.41. The second kappa shape index (κ2) is 10.8. The molecule has 2 aromatic carbocycles. The van der Waals surface area contributed by atoms with Crippen LogP contribution in [-0.4, -0.2) is 9.97 Å². The van der Waals surface area contributed by atoms with Crippen LogP contribution in [0.3, 0.4) is 0 Å². The number of aromatic nitrogens is 2. The van der Waals surface area contributed by atoms with Crippen molar-refractivity contribution >= 4 is 9.42 Å². The van der Waals surface area contributed by atoms with Gasteiger partial charge in [-0.05, 0) is 55.2 Å². The van der Waals surface area contributed by atoms with Crippen LogP contribution in [0.4, 0.5) is 8.78 Å². The zero-order chi connectivity index (χ0) is 24.1. The van der Waals surface area contributed by atoms with Gasteiger partial charge in [-0.2, -0.15) is 5.26 Å². The van der Waals surface area contributed by atoms with Crippen LogP contribution in [0.1, 0.15) is 22.3 Å². The van der Waals surface area contributed by atoms with Crippen molar-refractivity contribution in [1.82, 2.24) is 9.97 Å². The predicted molar refractivity (Wildman–Crippen MR) is 122 cm³/mol. The summed E-state index contributed by atoms with van der Waals surface area (Å²) in [5.41, 5.74) is 4.94. The maximum atomic E-state index is 15.1. The van der Waals surface area contributed by atoms with Crippen molar-refractivity contribution in [2.75, 3.05) is 0 Å². The van der Waals surface area contributed by atoms with Gasteiger partial charge in [-0.15, -0.1) is 6.07 Å². The van der Waals surface area contributed by atoms with Crippen LogP contribution in [0.5, 0.6) is 0 Å². The third kappa shape index (κ3) is 5.03. The van der Waals surface area contributed by atoms with Gasteiger partial charge in [0.15, 0.2) is 0 Å². The number of nitrogens with zero attached hydrogens (tertiary/aromatic N) is 3. The number of hydrogen-bond acceptors (Lipinski definition) is 3. The van der Waals surface area contributed by atoms with Crippen molar-refractivity contribution in [3.8, 4) is 39.7 Å². The van der Waals surface area contributed by atoms with Crippen molar-refractivity contribution in [2.45, 2.75) is 20.8 Å². The molecule has 0 atom stereocenters. The Kier molecular flexibility index (Phi) is 8.08. The van der Waals surface area contributed by atoms with Gasteiger partial charge in [-0.25, -0.2) is 0 Å². The number of hydrogen-bond donors (Lipinski definition) is 0. The summed E-state index contributed by atoms with van der Waals surface area (Å²) in [4.78, 5) is 8.41. The van der Waals surface area contributed by atoms with E-state index in [0.717, 1.165) is 27.8 Å². The predicted octanol–water partition coefficient (Wildman–Crippen LogP) is 7.04. The van der Waals surface area contributed by atoms with E-state index in [4.69, 9.17) is 0 Å². The molecule has 0 saturated heterocycles. The number of aryl methyl sites for hydroxylation is 3. The Morgan fingerprint density at radius 1 is 0.879 bits per heavy atom. The zero-order valence-electron chi connectivity index (χ0n) is 18.0. The van der Waals surface area contributed by atoms with Gasteiger partial charge in [-0.3, -0.25) is 18.7 Å². The molecule has 33 heavy (non-hydrogen) atoms. The molecular weight excluding hydrogens is 623 g/mol. The van der Waals surface area contributed by atoms with Crippen LogP contribution >= 0.6 is 9.42 Å². The Labute approximate surface area is 206 Å². The average Bonchev–Trinajstić information content (AvgIpc) is 2.81. The summed E-state index contributed by atoms with van der Waals surface area (Å²) in [7, 11) is 4.61. The number of nitriles is 1. The monoisotopic (exact) mass is 640 g/mol. The van der Waals surface area contributed by atoms with Gasteiger partial charge in [0.2, 0.25) is 0 Å². The molecule has 4 rings (SSSR count). The van der Waals surface area contributed by atoms with Crippen LogP contribution in [0, 0.1) is 49.8 Å². The Balaban J connectivity index is 0.00000149. The summed E-state index contributed by atoms with van der Waals surface area (Å²) < 4.78 is 30.0. The number of benzene rings is 2. The average molecular weight is 641 g/mol. The molecule has 2 heterocycles. The first kappa shape index (κ1) is 24.7. The molecule has 168 valence electrons. The van der Waals surface area contributed by atoms with Gasteiger partial charge in [0.1, 0.15) is 0 Å². The third-order valence-electron chi connectivity index (χ3n) is 5.14. The van der Waals surface area contributed by atoms with Crippen LogP contribution < -0.4 is 0 Å². The first-order valence-corrected chi connectivity index (χ1v) is 12.6. The molecule has 0 N–H and O–H groups in total. The zero-order valence-corrected chi connectivity index (χ0v) is 21.0. The van der Waals surface area contributed by atoms with E-state index in [2.05, 4.69) is 37.6 Å². The molecule has 0 spiro atoms. The van der Waals surface area contributed by atoms with Crippen LogP contribution in [0.25, 0.3) is 33.6 Å². The molecule has 0 unspecified atom stereocenters. The molecule has 4 aromatic rings. The standard InChI is InChI=1S/C26H18F2N3.ClH.Pt/c1-15-10-16(2)24(17(3)11-15)18-7-9-31-23(12-18)20-13-19(22-6-4-5-8-30-22)25(27)21(14-29)26(20)28;;/h4-12H,1-3H3;1H;/q-1;;+2/p-1. The van der Waals surface area contributed by atoms with Crippen molar-refractivity contribution < 1.29 is 27.6 Å². The Bertz CT molecular complexity index is 1330. The van der Waals surface area contributed by atoms with Gasteiger partial charge in [0, 0.05) is 23.8 Å². The third-order valence-corrected chi connectivity index (χ3v) is 5.14. The first-order valence-electron chi connectivity index (χ1n) is 9.83. The normalized spacial score (nSPS) is 10.3. The van der Waals surface area contributed by atoms with Crippen LogP contribution in [0.2, 0.25) is 0 Å². The van der Waals surface area contributed by atoms with Gasteiger partial charge >= 0.3 is 28.2 Å². The Morgan fingerprint density at radius 2 is 1.48 bits per heavy atom. The molecular formula is C26H18ClF2N3Pt. The molecule has 3 nitrogen and oxygen atoms in total. The van der Waals surface area contributed by atoms with Crippen molar-refractivity contribution in [1.29, 1.82) is 5.26 Å². The second-order valence-electron chi connectivity index (χ2n) is 7.41. The fourth-order valence-corrected chi connectivity index (χ4v) is 3.90. The summed E-state index contributed by atoms with van der Waals surface area (Å²) in [5, 5.41) is 9.39. The van der Waals surface area contributed by atoms with E-state index in [1.165, 1.54) is 6.20 Å². The summed E-state index contributed by atoms with van der Waals surface area (Å²) in [6.07, 6.45) is 3.08. The van der Waals surface area contributed by atoms with Crippen molar-refractivity contribution in [2.24, 2.45) is 0 Å². The molecule has 0 fully saturated rings. The molecule has 0 saturated carbocycles. The van der Waals surface area contributed by atoms with E-state index in [9.17, 15) is 9.65 Å². The molecule has 0 radical (unpaired) electrons. The molecule has 0 bridgehead atoms. The summed E-state index contributed by atoms with van der Waals surface area (Å²) >= 11 is 1.61. The fraction of sp³-hybridized carbons (Fsp3) is 0.115. The Hall–Kier alpha value is -2.93. The number of halogens is 3. The molecule has 0 aliphatic carbocycles. The summed E-state index contributed by atoms with van der Waals surface area (Å²) in [6, 6.07) is 17.1. The first-order chi connectivity index (χ1) is 15.9. The fourth-order valence-electron chi connectivity index (χ4n) is 3.90. The van der Waals surface area contributed by atoms with E-state index in [0.29, 0.717) is 0 Å². The van der Waals surface area contributed by atoms with Crippen molar-refractivity contribution in [3.05, 3.63) is 94.8 Å². The molecule has 7 heteroatoms. The SMILES string of the molecule is Cc1cc(C)c(-c2ccnc(-c3[c-]c(-c4ccccn4)c(F)c(C#N)c3F)c2)c(C)c1.[Cl][Pt+]. The summed E-state index contributed by atoms with van der Waals surface area (Å²) in [6.45, 7) is 6.08. The molecule has 0 amide bonds. The topological polar surface area (TPSA) is 49.6 Å².